The molecule has 8 nitrogen and oxygen atoms in total. The zero-order chi connectivity index (χ0) is 23.3. The van der Waals surface area contributed by atoms with Crippen molar-refractivity contribution < 1.29 is 15.0 Å². The van der Waals surface area contributed by atoms with Crippen molar-refractivity contribution in [2.75, 3.05) is 5.32 Å². The number of hydrogen-bond donors (Lipinski definition) is 4. The Kier molecular flexibility index (Phi) is 7.21. The Morgan fingerprint density at radius 2 is 1.81 bits per heavy atom. The van der Waals surface area contributed by atoms with E-state index in [9.17, 15) is 9.90 Å². The lowest BCUT2D eigenvalue weighted by atomic mass is 10.0. The molecule has 9 heteroatoms. The molecule has 0 aliphatic rings. The van der Waals surface area contributed by atoms with Gasteiger partial charge in [0, 0.05) is 18.3 Å². The molecule has 3 aromatic rings. The Hall–Kier alpha value is -3.72. The molecule has 0 bridgehead atoms. The van der Waals surface area contributed by atoms with Crippen molar-refractivity contribution in [2.45, 2.75) is 26.7 Å². The maximum atomic E-state index is 10.9. The molecule has 0 atom stereocenters. The van der Waals surface area contributed by atoms with Crippen molar-refractivity contribution in [3.63, 3.8) is 0 Å². The normalized spacial score (nSPS) is 11.3. The van der Waals surface area contributed by atoms with Crippen molar-refractivity contribution in [1.82, 2.24) is 15.2 Å². The SMILES string of the molecule is CCCc1ccc(-c2c(O)c(/C(C)=N\NC(=S)Nc3ccc(C(=O)O)cc3)nn2C)cc1. The molecule has 3 rings (SSSR count). The van der Waals surface area contributed by atoms with Crippen molar-refractivity contribution in [3.05, 3.63) is 65.4 Å². The van der Waals surface area contributed by atoms with Gasteiger partial charge in [0.2, 0.25) is 0 Å². The van der Waals surface area contributed by atoms with Crippen LogP contribution in [0.15, 0.2) is 53.6 Å². The summed E-state index contributed by atoms with van der Waals surface area (Å²) in [5, 5.41) is 31.5. The summed E-state index contributed by atoms with van der Waals surface area (Å²) in [5.41, 5.74) is 7.05. The maximum Gasteiger partial charge on any atom is 0.335 e. The van der Waals surface area contributed by atoms with E-state index in [0.717, 1.165) is 18.4 Å². The van der Waals surface area contributed by atoms with Gasteiger partial charge < -0.3 is 15.5 Å². The first-order chi connectivity index (χ1) is 15.3. The molecule has 0 spiro atoms. The summed E-state index contributed by atoms with van der Waals surface area (Å²) < 4.78 is 1.62. The predicted molar refractivity (Wildman–Crippen MR) is 129 cm³/mol. The van der Waals surface area contributed by atoms with E-state index >= 15 is 0 Å². The minimum atomic E-state index is -0.996. The van der Waals surface area contributed by atoms with Crippen LogP contribution in [0.4, 0.5) is 5.69 Å². The zero-order valence-corrected chi connectivity index (χ0v) is 18.9. The van der Waals surface area contributed by atoms with Gasteiger partial charge in [-0.25, -0.2) is 4.79 Å². The minimum Gasteiger partial charge on any atom is -0.504 e. The Morgan fingerprint density at radius 1 is 1.16 bits per heavy atom. The molecular formula is C23H25N5O3S. The summed E-state index contributed by atoms with van der Waals surface area (Å²) in [7, 11) is 1.77. The molecule has 4 N–H and O–H groups in total. The van der Waals surface area contributed by atoms with Crippen LogP contribution < -0.4 is 10.7 Å². The number of hydrazone groups is 1. The fraction of sp³-hybridized carbons (Fsp3) is 0.217. The van der Waals surface area contributed by atoms with Gasteiger partial charge in [-0.2, -0.15) is 10.2 Å². The van der Waals surface area contributed by atoms with Crippen molar-refractivity contribution in [2.24, 2.45) is 12.1 Å². The van der Waals surface area contributed by atoms with Crippen LogP contribution in [0.1, 0.15) is 41.9 Å². The molecule has 0 aliphatic carbocycles. The molecule has 32 heavy (non-hydrogen) atoms. The van der Waals surface area contributed by atoms with Crippen LogP contribution >= 0.6 is 12.2 Å². The standard InChI is InChI=1S/C23H25N5O3S/c1-4-5-15-6-8-16(9-7-15)20-21(29)19(27-28(20)3)14(2)25-26-23(32)24-18-12-10-17(11-13-18)22(30)31/h6-13,29H,4-5H2,1-3H3,(H,30,31)(H2,24,26,32)/b25-14-. The number of aryl methyl sites for hydroxylation is 2. The van der Waals surface area contributed by atoms with Crippen LogP contribution in [0.5, 0.6) is 5.75 Å². The number of carbonyl (C=O) groups is 1. The first-order valence-corrected chi connectivity index (χ1v) is 10.5. The molecule has 0 fully saturated rings. The lowest BCUT2D eigenvalue weighted by molar-refractivity contribution is 0.0697. The Balaban J connectivity index is 1.71. The van der Waals surface area contributed by atoms with Crippen LogP contribution in [0, 0.1) is 0 Å². The van der Waals surface area contributed by atoms with Crippen LogP contribution in [0.25, 0.3) is 11.3 Å². The number of aromatic hydroxyl groups is 1. The molecule has 166 valence electrons. The van der Waals surface area contributed by atoms with E-state index < -0.39 is 5.97 Å². The van der Waals surface area contributed by atoms with E-state index in [1.54, 1.807) is 30.8 Å². The number of aromatic nitrogens is 2. The van der Waals surface area contributed by atoms with E-state index in [1.165, 1.54) is 17.7 Å². The smallest absolute Gasteiger partial charge is 0.335 e. The number of benzene rings is 2. The topological polar surface area (TPSA) is 112 Å². The molecule has 0 radical (unpaired) electrons. The quantitative estimate of drug-likeness (QED) is 0.242. The molecular weight excluding hydrogens is 426 g/mol. The van der Waals surface area contributed by atoms with Gasteiger partial charge in [-0.3, -0.25) is 10.1 Å². The summed E-state index contributed by atoms with van der Waals surface area (Å²) in [6, 6.07) is 14.2. The highest BCUT2D eigenvalue weighted by atomic mass is 32.1. The third-order valence-electron chi connectivity index (χ3n) is 4.85. The predicted octanol–water partition coefficient (Wildman–Crippen LogP) is 4.15. The highest BCUT2D eigenvalue weighted by Gasteiger charge is 2.19. The van der Waals surface area contributed by atoms with E-state index in [1.807, 2.05) is 12.1 Å². The number of nitrogens with zero attached hydrogens (tertiary/aromatic N) is 3. The third-order valence-corrected chi connectivity index (χ3v) is 5.04. The fourth-order valence-corrected chi connectivity index (χ4v) is 3.40. The lowest BCUT2D eigenvalue weighted by Gasteiger charge is -2.08. The second-order valence-corrected chi connectivity index (χ2v) is 7.67. The van der Waals surface area contributed by atoms with Crippen molar-refractivity contribution in [1.29, 1.82) is 0 Å². The highest BCUT2D eigenvalue weighted by Crippen LogP contribution is 2.32. The second-order valence-electron chi connectivity index (χ2n) is 7.26. The third kappa shape index (κ3) is 5.30. The zero-order valence-electron chi connectivity index (χ0n) is 18.1. The fourth-order valence-electron chi connectivity index (χ4n) is 3.24. The van der Waals surface area contributed by atoms with E-state index in [4.69, 9.17) is 17.3 Å². The monoisotopic (exact) mass is 451 g/mol. The average molecular weight is 452 g/mol. The summed E-state index contributed by atoms with van der Waals surface area (Å²) in [4.78, 5) is 10.9. The molecule has 0 amide bonds. The molecule has 0 aliphatic heterocycles. The first-order valence-electron chi connectivity index (χ1n) is 10.1. The summed E-state index contributed by atoms with van der Waals surface area (Å²) in [6.45, 7) is 3.85. The summed E-state index contributed by atoms with van der Waals surface area (Å²) in [5.74, 6) is -0.953. The van der Waals surface area contributed by atoms with Crippen molar-refractivity contribution >= 4 is 34.7 Å². The number of thiocarbonyl (C=S) groups is 1. The van der Waals surface area contributed by atoms with E-state index in [0.29, 0.717) is 22.8 Å². The number of carboxylic acid groups (broad SMARTS) is 1. The second kappa shape index (κ2) is 10.1. The molecule has 2 aromatic carbocycles. The van der Waals surface area contributed by atoms with Gasteiger partial charge in [0.15, 0.2) is 16.6 Å². The van der Waals surface area contributed by atoms with Crippen LogP contribution in [0.2, 0.25) is 0 Å². The van der Waals surface area contributed by atoms with Crippen LogP contribution in [-0.4, -0.2) is 36.8 Å². The maximum absolute atomic E-state index is 10.9. The van der Waals surface area contributed by atoms with Gasteiger partial charge in [-0.1, -0.05) is 37.6 Å². The molecule has 0 saturated carbocycles. The van der Waals surface area contributed by atoms with Gasteiger partial charge in [-0.05, 0) is 55.4 Å². The number of rotatable bonds is 7. The summed E-state index contributed by atoms with van der Waals surface area (Å²) in [6.07, 6.45) is 2.09. The van der Waals surface area contributed by atoms with Gasteiger partial charge in [0.05, 0.1) is 11.3 Å². The average Bonchev–Trinajstić information content (AvgIpc) is 3.07. The molecule has 0 unspecified atom stereocenters. The molecule has 1 aromatic heterocycles. The van der Waals surface area contributed by atoms with Crippen molar-refractivity contribution in [3.8, 4) is 17.0 Å². The van der Waals surface area contributed by atoms with E-state index in [2.05, 4.69) is 40.0 Å². The van der Waals surface area contributed by atoms with Gasteiger partial charge in [0.1, 0.15) is 5.69 Å². The lowest BCUT2D eigenvalue weighted by Crippen LogP contribution is -2.25. The summed E-state index contributed by atoms with van der Waals surface area (Å²) >= 11 is 5.23. The van der Waals surface area contributed by atoms with E-state index in [-0.39, 0.29) is 16.4 Å². The van der Waals surface area contributed by atoms with Crippen LogP contribution in [-0.2, 0) is 13.5 Å². The Labute approximate surface area is 191 Å². The highest BCUT2D eigenvalue weighted by molar-refractivity contribution is 7.80. The largest absolute Gasteiger partial charge is 0.504 e. The van der Waals surface area contributed by atoms with Gasteiger partial charge in [0.25, 0.3) is 0 Å². The number of anilines is 1. The molecule has 0 saturated heterocycles. The Morgan fingerprint density at radius 3 is 2.41 bits per heavy atom. The molecule has 1 heterocycles. The van der Waals surface area contributed by atoms with Gasteiger partial charge in [-0.15, -0.1) is 0 Å². The number of carboxylic acids is 1. The van der Waals surface area contributed by atoms with Gasteiger partial charge >= 0.3 is 5.97 Å². The minimum absolute atomic E-state index is 0.0435. The first kappa shape index (κ1) is 23.0. The number of nitrogens with one attached hydrogen (secondary N) is 2. The van der Waals surface area contributed by atoms with Crippen LogP contribution in [0.3, 0.4) is 0 Å². The number of aromatic carboxylic acids is 1. The Bertz CT molecular complexity index is 1150. The number of hydrogen-bond acceptors (Lipinski definition) is 5.